The van der Waals surface area contributed by atoms with Gasteiger partial charge < -0.3 is 14.8 Å². The van der Waals surface area contributed by atoms with Crippen molar-refractivity contribution in [2.45, 2.75) is 26.2 Å². The van der Waals surface area contributed by atoms with Crippen LogP contribution in [-0.2, 0) is 11.2 Å². The van der Waals surface area contributed by atoms with Crippen molar-refractivity contribution in [3.05, 3.63) is 59.1 Å². The molecule has 0 atom stereocenters. The van der Waals surface area contributed by atoms with E-state index in [4.69, 9.17) is 9.47 Å². The quantitative estimate of drug-likeness (QED) is 0.601. The van der Waals surface area contributed by atoms with Gasteiger partial charge in [-0.2, -0.15) is 0 Å². The van der Waals surface area contributed by atoms with E-state index in [1.165, 1.54) is 11.3 Å². The first-order valence-electron chi connectivity index (χ1n) is 9.07. The summed E-state index contributed by atoms with van der Waals surface area (Å²) in [6.07, 6.45) is 0.232. The molecule has 0 aliphatic rings. The molecule has 1 N–H and O–H groups in total. The van der Waals surface area contributed by atoms with Gasteiger partial charge >= 0.3 is 0 Å². The normalized spacial score (nSPS) is 10.8. The molecule has 1 aromatic heterocycles. The number of rotatable bonds is 7. The first-order valence-corrected chi connectivity index (χ1v) is 9.95. The number of nitrogens with one attached hydrogen (secondary N) is 1. The molecule has 3 aromatic rings. The van der Waals surface area contributed by atoms with E-state index in [2.05, 4.69) is 24.1 Å². The second-order valence-electron chi connectivity index (χ2n) is 6.68. The second kappa shape index (κ2) is 8.89. The third kappa shape index (κ3) is 4.51. The van der Waals surface area contributed by atoms with Gasteiger partial charge in [0.15, 0.2) is 11.5 Å². The van der Waals surface area contributed by atoms with Gasteiger partial charge in [0.1, 0.15) is 5.01 Å². The van der Waals surface area contributed by atoms with Gasteiger partial charge in [0.05, 0.1) is 26.3 Å². The van der Waals surface area contributed by atoms with Crippen LogP contribution in [0.1, 0.15) is 31.0 Å². The van der Waals surface area contributed by atoms with Crippen molar-refractivity contribution in [1.82, 2.24) is 4.98 Å². The number of anilines is 1. The summed E-state index contributed by atoms with van der Waals surface area (Å²) in [5.41, 5.74) is 3.66. The fourth-order valence-electron chi connectivity index (χ4n) is 2.96. The zero-order valence-corrected chi connectivity index (χ0v) is 17.3. The van der Waals surface area contributed by atoms with Gasteiger partial charge in [-0.05, 0) is 35.7 Å². The van der Waals surface area contributed by atoms with Crippen molar-refractivity contribution in [1.29, 1.82) is 0 Å². The molecule has 146 valence electrons. The van der Waals surface area contributed by atoms with Crippen molar-refractivity contribution in [2.24, 2.45) is 0 Å². The molecule has 3 rings (SSSR count). The van der Waals surface area contributed by atoms with E-state index in [9.17, 15) is 4.79 Å². The first-order chi connectivity index (χ1) is 13.5. The number of benzene rings is 2. The third-order valence-corrected chi connectivity index (χ3v) is 5.32. The smallest absolute Gasteiger partial charge is 0.230 e. The standard InChI is InChI=1S/C22H24N2O3S/c1-14(2)17-7-5-6-8-18(17)24-21(25)12-16-13-28-22(23-16)15-9-10-19(26-3)20(11-15)27-4/h5-11,13-14H,12H2,1-4H3,(H,24,25). The van der Waals surface area contributed by atoms with Crippen LogP contribution in [0.4, 0.5) is 5.69 Å². The highest BCUT2D eigenvalue weighted by Gasteiger charge is 2.13. The van der Waals surface area contributed by atoms with E-state index in [1.807, 2.05) is 47.8 Å². The van der Waals surface area contributed by atoms with E-state index in [0.29, 0.717) is 17.4 Å². The van der Waals surface area contributed by atoms with Crippen LogP contribution >= 0.6 is 11.3 Å². The van der Waals surface area contributed by atoms with E-state index in [1.54, 1.807) is 14.2 Å². The van der Waals surface area contributed by atoms with Crippen LogP contribution < -0.4 is 14.8 Å². The van der Waals surface area contributed by atoms with Crippen LogP contribution in [0.2, 0.25) is 0 Å². The zero-order valence-electron chi connectivity index (χ0n) is 16.5. The van der Waals surface area contributed by atoms with Gasteiger partial charge in [0.2, 0.25) is 5.91 Å². The van der Waals surface area contributed by atoms with Gasteiger partial charge in [-0.1, -0.05) is 32.0 Å². The lowest BCUT2D eigenvalue weighted by atomic mass is 10.0. The SMILES string of the molecule is COc1ccc(-c2nc(CC(=O)Nc3ccccc3C(C)C)cs2)cc1OC. The van der Waals surface area contributed by atoms with Crippen LogP contribution in [0.3, 0.4) is 0 Å². The van der Waals surface area contributed by atoms with Crippen molar-refractivity contribution in [2.75, 3.05) is 19.5 Å². The lowest BCUT2D eigenvalue weighted by Crippen LogP contribution is -2.16. The Kier molecular flexibility index (Phi) is 6.31. The van der Waals surface area contributed by atoms with Crippen LogP contribution in [0, 0.1) is 0 Å². The van der Waals surface area contributed by atoms with Crippen molar-refractivity contribution >= 4 is 22.9 Å². The number of carbonyl (C=O) groups is 1. The summed E-state index contributed by atoms with van der Waals surface area (Å²) < 4.78 is 10.6. The largest absolute Gasteiger partial charge is 0.493 e. The second-order valence-corrected chi connectivity index (χ2v) is 7.54. The minimum Gasteiger partial charge on any atom is -0.493 e. The summed E-state index contributed by atoms with van der Waals surface area (Å²) in [6.45, 7) is 4.22. The number of hydrogen-bond donors (Lipinski definition) is 1. The molecule has 28 heavy (non-hydrogen) atoms. The highest BCUT2D eigenvalue weighted by Crippen LogP contribution is 2.33. The maximum absolute atomic E-state index is 12.5. The molecule has 0 saturated heterocycles. The maximum Gasteiger partial charge on any atom is 0.230 e. The number of aromatic nitrogens is 1. The minimum absolute atomic E-state index is 0.0720. The molecular formula is C22H24N2O3S. The minimum atomic E-state index is -0.0720. The average Bonchev–Trinajstić information content (AvgIpc) is 3.15. The fraction of sp³-hybridized carbons (Fsp3) is 0.273. The van der Waals surface area contributed by atoms with Crippen molar-refractivity contribution < 1.29 is 14.3 Å². The Hall–Kier alpha value is -2.86. The Bertz CT molecular complexity index is 966. The molecular weight excluding hydrogens is 372 g/mol. The molecule has 5 nitrogen and oxygen atoms in total. The molecule has 0 fully saturated rings. The summed E-state index contributed by atoms with van der Waals surface area (Å²) in [4.78, 5) is 17.1. The molecule has 0 bridgehead atoms. The van der Waals surface area contributed by atoms with E-state index in [-0.39, 0.29) is 12.3 Å². The number of thiazole rings is 1. The lowest BCUT2D eigenvalue weighted by molar-refractivity contribution is -0.115. The fourth-order valence-corrected chi connectivity index (χ4v) is 3.78. The highest BCUT2D eigenvalue weighted by atomic mass is 32.1. The Labute approximate surface area is 169 Å². The maximum atomic E-state index is 12.5. The predicted molar refractivity (Wildman–Crippen MR) is 114 cm³/mol. The monoisotopic (exact) mass is 396 g/mol. The summed E-state index contributed by atoms with van der Waals surface area (Å²) in [5, 5.41) is 5.77. The molecule has 0 unspecified atom stereocenters. The zero-order chi connectivity index (χ0) is 20.1. The molecule has 0 saturated carbocycles. The first kappa shape index (κ1) is 19.9. The van der Waals surface area contributed by atoms with Gasteiger partial charge in [-0.15, -0.1) is 11.3 Å². The molecule has 0 aliphatic carbocycles. The molecule has 2 aromatic carbocycles. The Morgan fingerprint density at radius 3 is 2.57 bits per heavy atom. The van der Waals surface area contributed by atoms with Gasteiger partial charge in [0, 0.05) is 16.6 Å². The Balaban J connectivity index is 1.72. The molecule has 0 radical (unpaired) electrons. The van der Waals surface area contributed by atoms with Crippen LogP contribution in [0.25, 0.3) is 10.6 Å². The number of carbonyl (C=O) groups excluding carboxylic acids is 1. The van der Waals surface area contributed by atoms with E-state index < -0.39 is 0 Å². The average molecular weight is 397 g/mol. The summed E-state index contributed by atoms with van der Waals surface area (Å²) in [7, 11) is 3.21. The van der Waals surface area contributed by atoms with Crippen LogP contribution in [0.15, 0.2) is 47.8 Å². The number of amides is 1. The molecule has 1 heterocycles. The van der Waals surface area contributed by atoms with Crippen LogP contribution in [0.5, 0.6) is 11.5 Å². The number of para-hydroxylation sites is 1. The molecule has 6 heteroatoms. The third-order valence-electron chi connectivity index (χ3n) is 4.38. The van der Waals surface area contributed by atoms with E-state index >= 15 is 0 Å². The van der Waals surface area contributed by atoms with Crippen molar-refractivity contribution in [3.63, 3.8) is 0 Å². The van der Waals surface area contributed by atoms with Crippen molar-refractivity contribution in [3.8, 4) is 22.1 Å². The van der Waals surface area contributed by atoms with Gasteiger partial charge in [-0.3, -0.25) is 4.79 Å². The van der Waals surface area contributed by atoms with E-state index in [0.717, 1.165) is 27.5 Å². The number of ether oxygens (including phenoxy) is 2. The van der Waals surface area contributed by atoms with Gasteiger partial charge in [-0.25, -0.2) is 4.98 Å². The Morgan fingerprint density at radius 1 is 1.11 bits per heavy atom. The summed E-state index contributed by atoms with van der Waals surface area (Å²) in [5.74, 6) is 1.59. The summed E-state index contributed by atoms with van der Waals surface area (Å²) >= 11 is 1.50. The topological polar surface area (TPSA) is 60.5 Å². The summed E-state index contributed by atoms with van der Waals surface area (Å²) in [6, 6.07) is 13.6. The number of methoxy groups -OCH3 is 2. The molecule has 0 aliphatic heterocycles. The number of hydrogen-bond acceptors (Lipinski definition) is 5. The van der Waals surface area contributed by atoms with Crippen LogP contribution in [-0.4, -0.2) is 25.1 Å². The van der Waals surface area contributed by atoms with Gasteiger partial charge in [0.25, 0.3) is 0 Å². The lowest BCUT2D eigenvalue weighted by Gasteiger charge is -2.13. The predicted octanol–water partition coefficient (Wildman–Crippen LogP) is 5.13. The molecule has 0 spiro atoms. The highest BCUT2D eigenvalue weighted by molar-refractivity contribution is 7.13. The number of nitrogens with zero attached hydrogens (tertiary/aromatic N) is 1. The Morgan fingerprint density at radius 2 is 1.86 bits per heavy atom. The molecule has 1 amide bonds.